The highest BCUT2D eigenvalue weighted by atomic mass is 16.4. The number of hydrogen-bond donors (Lipinski definition) is 5. The smallest absolute Gasteiger partial charge is 0.328 e. The first-order valence-electron chi connectivity index (χ1n) is 5.84. The summed E-state index contributed by atoms with van der Waals surface area (Å²) in [6.45, 7) is 2.86. The van der Waals surface area contributed by atoms with Crippen molar-refractivity contribution in [3.63, 3.8) is 0 Å². The lowest BCUT2D eigenvalue weighted by Gasteiger charge is -2.11. The highest BCUT2D eigenvalue weighted by molar-refractivity contribution is 5.89. The van der Waals surface area contributed by atoms with Gasteiger partial charge in [0, 0.05) is 30.4 Å². The number of para-hydroxylation sites is 1. The Morgan fingerprint density at radius 1 is 1.20 bits per heavy atom. The first kappa shape index (κ1) is 17.6. The van der Waals surface area contributed by atoms with E-state index in [2.05, 4.69) is 10.7 Å². The largest absolute Gasteiger partial charge is 0.478 e. The van der Waals surface area contributed by atoms with Crippen LogP contribution < -0.4 is 16.6 Å². The van der Waals surface area contributed by atoms with Gasteiger partial charge in [0.1, 0.15) is 0 Å². The van der Waals surface area contributed by atoms with Crippen molar-refractivity contribution in [2.75, 3.05) is 11.9 Å². The van der Waals surface area contributed by atoms with Gasteiger partial charge in [0.05, 0.1) is 0 Å². The van der Waals surface area contributed by atoms with Gasteiger partial charge in [-0.05, 0) is 19.1 Å². The number of hydrogen-bond acceptors (Lipinski definition) is 5. The predicted octanol–water partition coefficient (Wildman–Crippen LogP) is 0.662. The lowest BCUT2D eigenvalue weighted by Crippen LogP contribution is -2.37. The highest BCUT2D eigenvalue weighted by Crippen LogP contribution is 2.03. The van der Waals surface area contributed by atoms with E-state index in [1.807, 2.05) is 37.3 Å². The van der Waals surface area contributed by atoms with Gasteiger partial charge in [-0.1, -0.05) is 18.2 Å². The van der Waals surface area contributed by atoms with Crippen LogP contribution in [-0.4, -0.2) is 34.7 Å². The molecule has 0 saturated carbocycles. The summed E-state index contributed by atoms with van der Waals surface area (Å²) < 4.78 is 0. The molecule has 1 atom stereocenters. The molecule has 1 aromatic carbocycles. The second-order valence-electron chi connectivity index (χ2n) is 3.82. The summed E-state index contributed by atoms with van der Waals surface area (Å²) in [5.74, 6) is 2.73. The molecule has 6 N–H and O–H groups in total. The van der Waals surface area contributed by atoms with Crippen LogP contribution in [0.15, 0.2) is 42.5 Å². The van der Waals surface area contributed by atoms with Crippen molar-refractivity contribution in [3.05, 3.63) is 42.5 Å². The van der Waals surface area contributed by atoms with E-state index in [0.29, 0.717) is 12.2 Å². The second-order valence-corrected chi connectivity index (χ2v) is 3.82. The zero-order valence-electron chi connectivity index (χ0n) is 11.1. The molecule has 110 valence electrons. The summed E-state index contributed by atoms with van der Waals surface area (Å²) in [5, 5.41) is 18.9. The molecular weight excluding hydrogens is 262 g/mol. The Balaban J connectivity index is 0.000000396. The highest BCUT2D eigenvalue weighted by Gasteiger charge is 1.96. The molecule has 7 nitrogen and oxygen atoms in total. The molecule has 1 aromatic rings. The zero-order valence-corrected chi connectivity index (χ0v) is 11.1. The summed E-state index contributed by atoms with van der Waals surface area (Å²) >= 11 is 0. The van der Waals surface area contributed by atoms with Crippen LogP contribution in [-0.2, 0) is 9.59 Å². The van der Waals surface area contributed by atoms with Gasteiger partial charge >= 0.3 is 11.9 Å². The van der Waals surface area contributed by atoms with E-state index in [1.54, 1.807) is 0 Å². The fourth-order valence-corrected chi connectivity index (χ4v) is 1.03. The van der Waals surface area contributed by atoms with Crippen LogP contribution in [0.1, 0.15) is 6.92 Å². The number of carboxylic acids is 2. The number of carbonyl (C=O) groups is 2. The Kier molecular flexibility index (Phi) is 9.28. The van der Waals surface area contributed by atoms with Crippen molar-refractivity contribution in [2.45, 2.75) is 13.0 Å². The topological polar surface area (TPSA) is 125 Å². The monoisotopic (exact) mass is 281 g/mol. The van der Waals surface area contributed by atoms with Gasteiger partial charge in [-0.2, -0.15) is 0 Å². The quantitative estimate of drug-likeness (QED) is 0.295. The Labute approximate surface area is 117 Å². The van der Waals surface area contributed by atoms with E-state index in [1.165, 1.54) is 0 Å². The van der Waals surface area contributed by atoms with Crippen molar-refractivity contribution in [3.8, 4) is 0 Å². The molecule has 0 aliphatic heterocycles. The van der Waals surface area contributed by atoms with Crippen LogP contribution in [0.4, 0.5) is 5.69 Å². The Hall–Kier alpha value is -2.38. The number of nitrogens with two attached hydrogens (primary N) is 1. The van der Waals surface area contributed by atoms with E-state index in [4.69, 9.17) is 16.1 Å². The van der Waals surface area contributed by atoms with Crippen LogP contribution in [0.2, 0.25) is 0 Å². The summed E-state index contributed by atoms with van der Waals surface area (Å²) in [4.78, 5) is 19.1. The molecule has 7 heteroatoms. The normalized spacial score (nSPS) is 11.3. The third-order valence-corrected chi connectivity index (χ3v) is 2.04. The molecule has 0 aromatic heterocycles. The van der Waals surface area contributed by atoms with Crippen molar-refractivity contribution in [1.29, 1.82) is 0 Å². The summed E-state index contributed by atoms with van der Waals surface area (Å²) in [6, 6.07) is 10.3. The maximum absolute atomic E-state index is 9.55. The molecule has 0 spiro atoms. The second kappa shape index (κ2) is 10.5. The third kappa shape index (κ3) is 10.8. The molecule has 0 bridgehead atoms. The first-order chi connectivity index (χ1) is 9.45. The van der Waals surface area contributed by atoms with E-state index >= 15 is 0 Å². The van der Waals surface area contributed by atoms with Crippen LogP contribution >= 0.6 is 0 Å². The van der Waals surface area contributed by atoms with Gasteiger partial charge in [0.15, 0.2) is 0 Å². The molecule has 20 heavy (non-hydrogen) atoms. The third-order valence-electron chi connectivity index (χ3n) is 2.04. The lowest BCUT2D eigenvalue weighted by atomic mass is 10.3. The number of nitrogens with one attached hydrogen (secondary N) is 2. The first-order valence-corrected chi connectivity index (χ1v) is 5.84. The summed E-state index contributed by atoms with van der Waals surface area (Å²) in [5.41, 5.74) is 3.80. The summed E-state index contributed by atoms with van der Waals surface area (Å²) in [7, 11) is 0. The van der Waals surface area contributed by atoms with Crippen LogP contribution in [0.25, 0.3) is 0 Å². The van der Waals surface area contributed by atoms with E-state index in [0.717, 1.165) is 12.2 Å². The summed E-state index contributed by atoms with van der Waals surface area (Å²) in [6.07, 6.45) is 1.12. The van der Waals surface area contributed by atoms with Gasteiger partial charge < -0.3 is 15.5 Å². The minimum absolute atomic E-state index is 0.283. The molecule has 0 radical (unpaired) electrons. The zero-order chi connectivity index (χ0) is 15.4. The fourth-order valence-electron chi connectivity index (χ4n) is 1.03. The van der Waals surface area contributed by atoms with Gasteiger partial charge in [-0.25, -0.2) is 9.59 Å². The molecule has 0 fully saturated rings. The lowest BCUT2D eigenvalue weighted by molar-refractivity contribution is -0.134. The Morgan fingerprint density at radius 3 is 2.10 bits per heavy atom. The average Bonchev–Trinajstić information content (AvgIpc) is 2.44. The van der Waals surface area contributed by atoms with Gasteiger partial charge in [0.2, 0.25) is 0 Å². The number of hydrazine groups is 1. The molecule has 1 unspecified atom stereocenters. The molecule has 0 heterocycles. The predicted molar refractivity (Wildman–Crippen MR) is 76.1 cm³/mol. The molecule has 0 amide bonds. The fraction of sp³-hybridized carbons (Fsp3) is 0.231. The minimum Gasteiger partial charge on any atom is -0.478 e. The SMILES string of the molecule is CC(CNc1ccccc1)NN.O=C(O)/C=C\C(=O)O. The number of benzene rings is 1. The van der Waals surface area contributed by atoms with E-state index < -0.39 is 11.9 Å². The molecule has 0 aliphatic rings. The van der Waals surface area contributed by atoms with E-state index in [9.17, 15) is 9.59 Å². The number of rotatable bonds is 6. The van der Waals surface area contributed by atoms with Crippen molar-refractivity contribution in [1.82, 2.24) is 5.43 Å². The number of aliphatic carboxylic acids is 2. The Morgan fingerprint density at radius 2 is 1.70 bits per heavy atom. The molecule has 1 rings (SSSR count). The van der Waals surface area contributed by atoms with Crippen LogP contribution in [0.5, 0.6) is 0 Å². The standard InChI is InChI=1S/C9H15N3.C4H4O4/c1-8(12-10)7-11-9-5-3-2-4-6-9;5-3(6)1-2-4(7)8/h2-6,8,11-12H,7,10H2,1H3;1-2H,(H,5,6)(H,7,8)/b;2-1-. The van der Waals surface area contributed by atoms with Gasteiger partial charge in [-0.3, -0.25) is 11.3 Å². The maximum atomic E-state index is 9.55. The average molecular weight is 281 g/mol. The number of anilines is 1. The van der Waals surface area contributed by atoms with Crippen molar-refractivity contribution < 1.29 is 19.8 Å². The molecule has 0 saturated heterocycles. The Bertz CT molecular complexity index is 419. The van der Waals surface area contributed by atoms with E-state index in [-0.39, 0.29) is 6.04 Å². The van der Waals surface area contributed by atoms with Crippen molar-refractivity contribution >= 4 is 17.6 Å². The van der Waals surface area contributed by atoms with Crippen LogP contribution in [0, 0.1) is 0 Å². The number of carboxylic acid groups (broad SMARTS) is 2. The van der Waals surface area contributed by atoms with Gasteiger partial charge in [-0.15, -0.1) is 0 Å². The molecule has 0 aliphatic carbocycles. The van der Waals surface area contributed by atoms with Crippen molar-refractivity contribution in [2.24, 2.45) is 5.84 Å². The maximum Gasteiger partial charge on any atom is 0.328 e. The van der Waals surface area contributed by atoms with Crippen LogP contribution in [0.3, 0.4) is 0 Å². The van der Waals surface area contributed by atoms with Gasteiger partial charge in [0.25, 0.3) is 0 Å². The molecular formula is C13H19N3O4. The minimum atomic E-state index is -1.26.